The van der Waals surface area contributed by atoms with Crippen molar-refractivity contribution in [2.45, 2.75) is 26.2 Å². The van der Waals surface area contributed by atoms with Gasteiger partial charge in [0.2, 0.25) is 0 Å². The topological polar surface area (TPSA) is 64.4 Å². The standard InChI is InChI=1S/C14H20N2O3/c1-11-4-3-5-12(16(17)18)13(11)15-10-14(6-7-14)8-9-19-2/h3-5,15H,6-10H2,1-2H3. The number of methoxy groups -OCH3 is 1. The molecular formula is C14H20N2O3. The van der Waals surface area contributed by atoms with Crippen LogP contribution in [0.25, 0.3) is 0 Å². The summed E-state index contributed by atoms with van der Waals surface area (Å²) in [6.45, 7) is 3.42. The lowest BCUT2D eigenvalue weighted by atomic mass is 10.0. The van der Waals surface area contributed by atoms with Gasteiger partial charge in [-0.05, 0) is 37.2 Å². The quantitative estimate of drug-likeness (QED) is 0.607. The molecule has 1 aliphatic carbocycles. The van der Waals surface area contributed by atoms with E-state index >= 15 is 0 Å². The van der Waals surface area contributed by atoms with Crippen molar-refractivity contribution in [1.29, 1.82) is 0 Å². The van der Waals surface area contributed by atoms with Crippen molar-refractivity contribution in [1.82, 2.24) is 0 Å². The van der Waals surface area contributed by atoms with E-state index in [1.54, 1.807) is 19.2 Å². The second kappa shape index (κ2) is 5.57. The van der Waals surface area contributed by atoms with E-state index < -0.39 is 0 Å². The third kappa shape index (κ3) is 3.23. The van der Waals surface area contributed by atoms with E-state index in [4.69, 9.17) is 4.74 Å². The number of anilines is 1. The molecular weight excluding hydrogens is 244 g/mol. The van der Waals surface area contributed by atoms with Crippen molar-refractivity contribution < 1.29 is 9.66 Å². The first-order chi connectivity index (χ1) is 9.08. The van der Waals surface area contributed by atoms with Crippen LogP contribution in [0.1, 0.15) is 24.8 Å². The molecule has 5 heteroatoms. The number of hydrogen-bond acceptors (Lipinski definition) is 4. The molecule has 1 N–H and O–H groups in total. The molecule has 1 aromatic carbocycles. The number of aryl methyl sites for hydroxylation is 1. The van der Waals surface area contributed by atoms with Crippen LogP contribution in [-0.4, -0.2) is 25.2 Å². The van der Waals surface area contributed by atoms with E-state index in [1.807, 2.05) is 13.0 Å². The summed E-state index contributed by atoms with van der Waals surface area (Å²) in [7, 11) is 1.70. The molecule has 0 unspecified atom stereocenters. The first-order valence-corrected chi connectivity index (χ1v) is 6.55. The summed E-state index contributed by atoms with van der Waals surface area (Å²) < 4.78 is 5.12. The monoisotopic (exact) mass is 264 g/mol. The number of benzene rings is 1. The van der Waals surface area contributed by atoms with Gasteiger partial charge < -0.3 is 10.1 Å². The minimum atomic E-state index is -0.329. The maximum atomic E-state index is 11.0. The fourth-order valence-electron chi connectivity index (χ4n) is 2.32. The highest BCUT2D eigenvalue weighted by Gasteiger charge is 2.42. The van der Waals surface area contributed by atoms with Gasteiger partial charge in [-0.1, -0.05) is 12.1 Å². The second-order valence-corrected chi connectivity index (χ2v) is 5.32. The first kappa shape index (κ1) is 13.8. The van der Waals surface area contributed by atoms with E-state index in [0.717, 1.165) is 25.1 Å². The number of nitrogens with zero attached hydrogens (tertiary/aromatic N) is 1. The lowest BCUT2D eigenvalue weighted by molar-refractivity contribution is -0.384. The molecule has 0 amide bonds. The fraction of sp³-hybridized carbons (Fsp3) is 0.571. The summed E-state index contributed by atoms with van der Waals surface area (Å²) in [5, 5.41) is 14.3. The maximum Gasteiger partial charge on any atom is 0.292 e. The molecule has 0 spiro atoms. The third-order valence-electron chi connectivity index (χ3n) is 3.88. The Hall–Kier alpha value is -1.62. The van der Waals surface area contributed by atoms with Gasteiger partial charge in [0.25, 0.3) is 5.69 Å². The average Bonchev–Trinajstić information content (AvgIpc) is 3.15. The van der Waals surface area contributed by atoms with Gasteiger partial charge >= 0.3 is 0 Å². The van der Waals surface area contributed by atoms with Crippen LogP contribution in [0.4, 0.5) is 11.4 Å². The van der Waals surface area contributed by atoms with Crippen LogP contribution in [0.15, 0.2) is 18.2 Å². The molecule has 0 aromatic heterocycles. The Morgan fingerprint density at radius 1 is 1.47 bits per heavy atom. The van der Waals surface area contributed by atoms with E-state index in [0.29, 0.717) is 5.69 Å². The predicted octanol–water partition coefficient (Wildman–Crippen LogP) is 3.13. The number of hydrogen-bond donors (Lipinski definition) is 1. The maximum absolute atomic E-state index is 11.0. The highest BCUT2D eigenvalue weighted by atomic mass is 16.6. The Balaban J connectivity index is 2.05. The lowest BCUT2D eigenvalue weighted by Gasteiger charge is -2.17. The summed E-state index contributed by atoms with van der Waals surface area (Å²) in [6, 6.07) is 5.16. The van der Waals surface area contributed by atoms with Crippen LogP contribution in [-0.2, 0) is 4.74 Å². The summed E-state index contributed by atoms with van der Waals surface area (Å²) in [4.78, 5) is 10.7. The number of para-hydroxylation sites is 1. The SMILES string of the molecule is COCCC1(CNc2c(C)cccc2[N+](=O)[O-])CC1. The molecule has 19 heavy (non-hydrogen) atoms. The molecule has 1 fully saturated rings. The van der Waals surface area contributed by atoms with Crippen molar-refractivity contribution in [2.75, 3.05) is 25.6 Å². The summed E-state index contributed by atoms with van der Waals surface area (Å²) >= 11 is 0. The third-order valence-corrected chi connectivity index (χ3v) is 3.88. The van der Waals surface area contributed by atoms with Crippen LogP contribution >= 0.6 is 0 Å². The molecule has 104 valence electrons. The minimum Gasteiger partial charge on any atom is -0.385 e. The van der Waals surface area contributed by atoms with E-state index in [2.05, 4.69) is 5.32 Å². The van der Waals surface area contributed by atoms with Crippen molar-refractivity contribution >= 4 is 11.4 Å². The zero-order chi connectivity index (χ0) is 13.9. The molecule has 0 heterocycles. The van der Waals surface area contributed by atoms with Crippen LogP contribution in [0, 0.1) is 22.5 Å². The number of nitro benzene ring substituents is 1. The summed E-state index contributed by atoms with van der Waals surface area (Å²) in [5.41, 5.74) is 1.99. The lowest BCUT2D eigenvalue weighted by Crippen LogP contribution is -2.18. The minimum absolute atomic E-state index is 0.155. The molecule has 2 rings (SSSR count). The molecule has 1 aliphatic rings. The highest BCUT2D eigenvalue weighted by Crippen LogP contribution is 2.49. The van der Waals surface area contributed by atoms with Gasteiger partial charge in [-0.2, -0.15) is 0 Å². The zero-order valence-corrected chi connectivity index (χ0v) is 11.4. The van der Waals surface area contributed by atoms with Gasteiger partial charge in [0.05, 0.1) is 4.92 Å². The second-order valence-electron chi connectivity index (χ2n) is 5.32. The Kier molecular flexibility index (Phi) is 4.04. The largest absolute Gasteiger partial charge is 0.385 e. The number of nitro groups is 1. The van der Waals surface area contributed by atoms with E-state index in [-0.39, 0.29) is 16.0 Å². The van der Waals surface area contributed by atoms with Gasteiger partial charge in [-0.15, -0.1) is 0 Å². The molecule has 1 aromatic rings. The number of nitrogens with one attached hydrogen (secondary N) is 1. The molecule has 1 saturated carbocycles. The van der Waals surface area contributed by atoms with Crippen LogP contribution < -0.4 is 5.32 Å². The van der Waals surface area contributed by atoms with Crippen molar-refractivity contribution in [3.05, 3.63) is 33.9 Å². The number of rotatable bonds is 7. The Morgan fingerprint density at radius 2 is 2.21 bits per heavy atom. The highest BCUT2D eigenvalue weighted by molar-refractivity contribution is 5.66. The predicted molar refractivity (Wildman–Crippen MR) is 74.5 cm³/mol. The molecule has 0 atom stereocenters. The summed E-state index contributed by atoms with van der Waals surface area (Å²) in [5.74, 6) is 0. The normalized spacial score (nSPS) is 16.1. The van der Waals surface area contributed by atoms with Crippen molar-refractivity contribution in [3.63, 3.8) is 0 Å². The van der Waals surface area contributed by atoms with Gasteiger partial charge in [0, 0.05) is 26.3 Å². The molecule has 0 saturated heterocycles. The van der Waals surface area contributed by atoms with Crippen LogP contribution in [0.3, 0.4) is 0 Å². The van der Waals surface area contributed by atoms with Gasteiger partial charge in [0.15, 0.2) is 0 Å². The first-order valence-electron chi connectivity index (χ1n) is 6.55. The molecule has 0 aliphatic heterocycles. The Bertz CT molecular complexity index is 470. The van der Waals surface area contributed by atoms with Crippen LogP contribution in [0.2, 0.25) is 0 Å². The molecule has 0 radical (unpaired) electrons. The molecule has 0 bridgehead atoms. The van der Waals surface area contributed by atoms with E-state index in [9.17, 15) is 10.1 Å². The van der Waals surface area contributed by atoms with Crippen LogP contribution in [0.5, 0.6) is 0 Å². The van der Waals surface area contributed by atoms with Gasteiger partial charge in [0.1, 0.15) is 5.69 Å². The van der Waals surface area contributed by atoms with Crippen molar-refractivity contribution in [3.8, 4) is 0 Å². The molecule has 5 nitrogen and oxygen atoms in total. The number of ether oxygens (including phenoxy) is 1. The summed E-state index contributed by atoms with van der Waals surface area (Å²) in [6.07, 6.45) is 3.35. The van der Waals surface area contributed by atoms with Gasteiger partial charge in [-0.3, -0.25) is 10.1 Å². The zero-order valence-electron chi connectivity index (χ0n) is 11.4. The smallest absolute Gasteiger partial charge is 0.292 e. The Labute approximate surface area is 113 Å². The Morgan fingerprint density at radius 3 is 2.79 bits per heavy atom. The fourth-order valence-corrected chi connectivity index (χ4v) is 2.32. The van der Waals surface area contributed by atoms with E-state index in [1.165, 1.54) is 12.8 Å². The van der Waals surface area contributed by atoms with Crippen molar-refractivity contribution in [2.24, 2.45) is 5.41 Å². The average molecular weight is 264 g/mol. The van der Waals surface area contributed by atoms with Gasteiger partial charge in [-0.25, -0.2) is 0 Å².